The molecule has 9 heteroatoms. The molecule has 0 spiro atoms. The number of carbonyl (C=O) groups excluding carboxylic acids is 2. The van der Waals surface area contributed by atoms with Crippen molar-refractivity contribution in [3.63, 3.8) is 0 Å². The van der Waals surface area contributed by atoms with Gasteiger partial charge in [0.15, 0.2) is 11.6 Å². The topological polar surface area (TPSA) is 136 Å². The van der Waals surface area contributed by atoms with Crippen LogP contribution in [0.25, 0.3) is 10.9 Å². The Bertz CT molecular complexity index is 1070. The maximum Gasteiger partial charge on any atom is 0.252 e. The number of nitrogens with zero attached hydrogens (tertiary/aromatic N) is 2. The number of anilines is 3. The molecule has 150 valence electrons. The summed E-state index contributed by atoms with van der Waals surface area (Å²) in [6.07, 6.45) is 2.76. The SMILES string of the molecule is CCCC(Nc1nc(Nc2ccc3ncccc3c2)c(C(N)=O)cc1F)C(N)=O. The highest BCUT2D eigenvalue weighted by atomic mass is 19.1. The summed E-state index contributed by atoms with van der Waals surface area (Å²) in [5.74, 6) is -2.41. The van der Waals surface area contributed by atoms with Gasteiger partial charge in [-0.2, -0.15) is 0 Å². The molecule has 0 saturated heterocycles. The zero-order valence-corrected chi connectivity index (χ0v) is 15.8. The summed E-state index contributed by atoms with van der Waals surface area (Å²) in [7, 11) is 0. The summed E-state index contributed by atoms with van der Waals surface area (Å²) in [6, 6.07) is 9.24. The highest BCUT2D eigenvalue weighted by molar-refractivity contribution is 5.99. The van der Waals surface area contributed by atoms with Crippen molar-refractivity contribution in [2.45, 2.75) is 25.8 Å². The van der Waals surface area contributed by atoms with E-state index in [1.807, 2.05) is 19.1 Å². The lowest BCUT2D eigenvalue weighted by atomic mass is 10.1. The van der Waals surface area contributed by atoms with Gasteiger partial charge in [0, 0.05) is 17.3 Å². The summed E-state index contributed by atoms with van der Waals surface area (Å²) in [6.45, 7) is 1.87. The number of amides is 2. The van der Waals surface area contributed by atoms with Crippen molar-refractivity contribution in [2.75, 3.05) is 10.6 Å². The van der Waals surface area contributed by atoms with Crippen molar-refractivity contribution in [3.8, 4) is 0 Å². The quantitative estimate of drug-likeness (QED) is 0.462. The predicted molar refractivity (Wildman–Crippen MR) is 109 cm³/mol. The zero-order valence-electron chi connectivity index (χ0n) is 15.8. The van der Waals surface area contributed by atoms with Gasteiger partial charge in [-0.3, -0.25) is 14.6 Å². The molecule has 8 nitrogen and oxygen atoms in total. The average molecular weight is 396 g/mol. The van der Waals surface area contributed by atoms with Crippen LogP contribution >= 0.6 is 0 Å². The zero-order chi connectivity index (χ0) is 21.0. The Kier molecular flexibility index (Phi) is 5.87. The molecular formula is C20H21FN6O2. The van der Waals surface area contributed by atoms with Crippen LogP contribution < -0.4 is 22.1 Å². The molecule has 0 aliphatic heterocycles. The molecule has 0 aliphatic carbocycles. The van der Waals surface area contributed by atoms with E-state index in [1.165, 1.54) is 0 Å². The lowest BCUT2D eigenvalue weighted by molar-refractivity contribution is -0.118. The fourth-order valence-electron chi connectivity index (χ4n) is 2.90. The summed E-state index contributed by atoms with van der Waals surface area (Å²) in [5, 5.41) is 6.56. The van der Waals surface area contributed by atoms with Gasteiger partial charge in [-0.05, 0) is 36.8 Å². The first kappa shape index (κ1) is 20.0. The van der Waals surface area contributed by atoms with Gasteiger partial charge in [0.2, 0.25) is 5.91 Å². The van der Waals surface area contributed by atoms with Crippen molar-refractivity contribution < 1.29 is 14.0 Å². The van der Waals surface area contributed by atoms with E-state index in [0.717, 1.165) is 17.0 Å². The van der Waals surface area contributed by atoms with Crippen LogP contribution in [0.15, 0.2) is 42.6 Å². The van der Waals surface area contributed by atoms with E-state index in [9.17, 15) is 14.0 Å². The lowest BCUT2D eigenvalue weighted by Crippen LogP contribution is -2.36. The van der Waals surface area contributed by atoms with Crippen LogP contribution in [-0.4, -0.2) is 27.8 Å². The molecule has 6 N–H and O–H groups in total. The van der Waals surface area contributed by atoms with Crippen molar-refractivity contribution in [1.29, 1.82) is 0 Å². The minimum Gasteiger partial charge on any atom is -0.368 e. The number of carbonyl (C=O) groups is 2. The van der Waals surface area contributed by atoms with Crippen LogP contribution in [-0.2, 0) is 4.79 Å². The number of fused-ring (bicyclic) bond motifs is 1. The molecular weight excluding hydrogens is 375 g/mol. The van der Waals surface area contributed by atoms with Gasteiger partial charge in [-0.25, -0.2) is 9.37 Å². The molecule has 3 rings (SSSR count). The largest absolute Gasteiger partial charge is 0.368 e. The van der Waals surface area contributed by atoms with Gasteiger partial charge in [-0.1, -0.05) is 19.4 Å². The van der Waals surface area contributed by atoms with Crippen LogP contribution in [0.4, 0.5) is 21.7 Å². The first-order chi connectivity index (χ1) is 13.9. The Labute approximate surface area is 166 Å². The van der Waals surface area contributed by atoms with Crippen LogP contribution in [0.1, 0.15) is 30.1 Å². The normalized spacial score (nSPS) is 11.8. The first-order valence-corrected chi connectivity index (χ1v) is 9.07. The smallest absolute Gasteiger partial charge is 0.252 e. The molecule has 2 heterocycles. The van der Waals surface area contributed by atoms with E-state index in [4.69, 9.17) is 11.5 Å². The number of nitrogens with one attached hydrogen (secondary N) is 2. The molecule has 2 aromatic heterocycles. The van der Waals surface area contributed by atoms with E-state index in [1.54, 1.807) is 24.4 Å². The molecule has 0 radical (unpaired) electrons. The maximum atomic E-state index is 14.5. The Morgan fingerprint density at radius 2 is 1.97 bits per heavy atom. The number of aromatic nitrogens is 2. The van der Waals surface area contributed by atoms with Crippen molar-refractivity contribution in [3.05, 3.63) is 54.0 Å². The van der Waals surface area contributed by atoms with Crippen molar-refractivity contribution >= 4 is 40.0 Å². The fourth-order valence-corrected chi connectivity index (χ4v) is 2.90. The average Bonchev–Trinajstić information content (AvgIpc) is 2.69. The van der Waals surface area contributed by atoms with E-state index >= 15 is 0 Å². The van der Waals surface area contributed by atoms with E-state index in [0.29, 0.717) is 18.5 Å². The Morgan fingerprint density at radius 1 is 1.17 bits per heavy atom. The third-order valence-electron chi connectivity index (χ3n) is 4.34. The van der Waals surface area contributed by atoms with Gasteiger partial charge in [0.05, 0.1) is 11.1 Å². The highest BCUT2D eigenvalue weighted by Crippen LogP contribution is 2.26. The summed E-state index contributed by atoms with van der Waals surface area (Å²) >= 11 is 0. The highest BCUT2D eigenvalue weighted by Gasteiger charge is 2.20. The van der Waals surface area contributed by atoms with Crippen LogP contribution in [0.2, 0.25) is 0 Å². The third-order valence-corrected chi connectivity index (χ3v) is 4.34. The summed E-state index contributed by atoms with van der Waals surface area (Å²) in [5.41, 5.74) is 12.0. The molecule has 0 aliphatic rings. The maximum absolute atomic E-state index is 14.5. The standard InChI is InChI=1S/C20H21FN6O2/c1-2-4-16(18(23)29)26-20-14(21)10-13(17(22)28)19(27-20)25-12-6-7-15-11(9-12)5-3-8-24-15/h3,5-10,16H,2,4H2,1H3,(H2,22,28)(H2,23,29)(H2,25,26,27). The van der Waals surface area contributed by atoms with Crippen LogP contribution in [0, 0.1) is 5.82 Å². The predicted octanol–water partition coefficient (Wildman–Crippen LogP) is 2.68. The number of primary amides is 2. The number of hydrogen-bond acceptors (Lipinski definition) is 6. The van der Waals surface area contributed by atoms with Crippen molar-refractivity contribution in [2.24, 2.45) is 11.5 Å². The number of halogens is 1. The molecule has 1 unspecified atom stereocenters. The van der Waals surface area contributed by atoms with Gasteiger partial charge < -0.3 is 22.1 Å². The minimum absolute atomic E-state index is 0.0596. The first-order valence-electron chi connectivity index (χ1n) is 9.07. The Balaban J connectivity index is 1.98. The van der Waals surface area contributed by atoms with Gasteiger partial charge in [0.25, 0.3) is 5.91 Å². The molecule has 1 aromatic carbocycles. The van der Waals surface area contributed by atoms with E-state index in [-0.39, 0.29) is 17.2 Å². The fraction of sp³-hybridized carbons (Fsp3) is 0.200. The van der Waals surface area contributed by atoms with Crippen molar-refractivity contribution in [1.82, 2.24) is 9.97 Å². The van der Waals surface area contributed by atoms with E-state index < -0.39 is 23.7 Å². The van der Waals surface area contributed by atoms with Gasteiger partial charge >= 0.3 is 0 Å². The van der Waals surface area contributed by atoms with E-state index in [2.05, 4.69) is 20.6 Å². The third kappa shape index (κ3) is 4.57. The number of benzene rings is 1. The second kappa shape index (κ2) is 8.51. The number of nitrogens with two attached hydrogens (primary N) is 2. The monoisotopic (exact) mass is 396 g/mol. The summed E-state index contributed by atoms with van der Waals surface area (Å²) in [4.78, 5) is 31.8. The second-order valence-corrected chi connectivity index (χ2v) is 6.50. The number of pyridine rings is 2. The molecule has 3 aromatic rings. The Hall–Kier alpha value is -3.75. The van der Waals surface area contributed by atoms with Gasteiger partial charge in [-0.15, -0.1) is 0 Å². The molecule has 2 amide bonds. The molecule has 0 bridgehead atoms. The number of hydrogen-bond donors (Lipinski definition) is 4. The number of rotatable bonds is 8. The van der Waals surface area contributed by atoms with Gasteiger partial charge in [0.1, 0.15) is 11.9 Å². The van der Waals surface area contributed by atoms with Crippen LogP contribution in [0.5, 0.6) is 0 Å². The minimum atomic E-state index is -0.840. The van der Waals surface area contributed by atoms with Crippen LogP contribution in [0.3, 0.4) is 0 Å². The lowest BCUT2D eigenvalue weighted by Gasteiger charge is -2.18. The summed E-state index contributed by atoms with van der Waals surface area (Å²) < 4.78 is 14.5. The molecule has 1 atom stereocenters. The molecule has 0 saturated carbocycles. The Morgan fingerprint density at radius 3 is 2.66 bits per heavy atom. The second-order valence-electron chi connectivity index (χ2n) is 6.50. The molecule has 29 heavy (non-hydrogen) atoms. The molecule has 0 fully saturated rings.